The van der Waals surface area contributed by atoms with Crippen LogP contribution in [0, 0.1) is 28.6 Å². The van der Waals surface area contributed by atoms with Crippen molar-refractivity contribution in [2.24, 2.45) is 17.3 Å². The lowest BCUT2D eigenvalue weighted by Crippen LogP contribution is -2.47. The minimum absolute atomic E-state index is 0.627. The first kappa shape index (κ1) is 20.7. The second-order valence-corrected chi connectivity index (χ2v) is 10.0. The van der Waals surface area contributed by atoms with Gasteiger partial charge in [-0.25, -0.2) is 0 Å². The number of rotatable bonds is 4. The molecule has 2 atom stereocenters. The van der Waals surface area contributed by atoms with Crippen molar-refractivity contribution in [1.82, 2.24) is 15.2 Å². The van der Waals surface area contributed by atoms with Gasteiger partial charge >= 0.3 is 0 Å². The highest BCUT2D eigenvalue weighted by Crippen LogP contribution is 2.41. The topological polar surface area (TPSA) is 55.2 Å². The minimum Gasteiger partial charge on any atom is -0.370 e. The third-order valence-electron chi connectivity index (χ3n) is 8.38. The highest BCUT2D eigenvalue weighted by atomic mass is 15.2. The van der Waals surface area contributed by atoms with Crippen molar-refractivity contribution in [2.45, 2.75) is 39.0 Å². The maximum atomic E-state index is 9.48. The van der Waals surface area contributed by atoms with Crippen LogP contribution < -0.4 is 10.2 Å². The molecule has 4 heterocycles. The van der Waals surface area contributed by atoms with E-state index in [0.29, 0.717) is 11.0 Å². The summed E-state index contributed by atoms with van der Waals surface area (Å²) in [5, 5.41) is 14.1. The number of anilines is 1. The van der Waals surface area contributed by atoms with Crippen molar-refractivity contribution < 1.29 is 0 Å². The second-order valence-electron chi connectivity index (χ2n) is 10.0. The molecule has 1 aromatic heterocycles. The molecule has 1 aromatic carbocycles. The average Bonchev–Trinajstić information content (AvgIpc) is 3.23. The number of fused-ring (bicyclic) bond motifs is 1. The molecule has 1 N–H and O–H groups in total. The third-order valence-corrected chi connectivity index (χ3v) is 8.38. The van der Waals surface area contributed by atoms with Crippen LogP contribution in [0.25, 0.3) is 10.9 Å². The normalized spacial score (nSPS) is 26.4. The van der Waals surface area contributed by atoms with Crippen LogP contribution in [0.2, 0.25) is 0 Å². The Morgan fingerprint density at radius 2 is 1.87 bits per heavy atom. The zero-order valence-corrected chi connectivity index (χ0v) is 18.8. The van der Waals surface area contributed by atoms with Crippen LogP contribution in [0.15, 0.2) is 30.5 Å². The molecular formula is C26H35N5. The summed E-state index contributed by atoms with van der Waals surface area (Å²) in [6.45, 7) is 10.8. The van der Waals surface area contributed by atoms with E-state index in [1.165, 1.54) is 70.5 Å². The molecule has 31 heavy (non-hydrogen) atoms. The van der Waals surface area contributed by atoms with Gasteiger partial charge in [-0.1, -0.05) is 13.3 Å². The van der Waals surface area contributed by atoms with Crippen LogP contribution >= 0.6 is 0 Å². The van der Waals surface area contributed by atoms with E-state index in [1.807, 2.05) is 12.1 Å². The quantitative estimate of drug-likeness (QED) is 0.814. The van der Waals surface area contributed by atoms with Gasteiger partial charge in [-0.05, 0) is 93.4 Å². The van der Waals surface area contributed by atoms with Crippen molar-refractivity contribution in [3.63, 3.8) is 0 Å². The van der Waals surface area contributed by atoms with E-state index in [0.717, 1.165) is 35.8 Å². The van der Waals surface area contributed by atoms with E-state index in [2.05, 4.69) is 45.2 Å². The summed E-state index contributed by atoms with van der Waals surface area (Å²) in [6, 6.07) is 10.5. The fourth-order valence-electron chi connectivity index (χ4n) is 6.33. The first-order chi connectivity index (χ1) is 15.2. The fraction of sp³-hybridized carbons (Fsp3) is 0.615. The van der Waals surface area contributed by atoms with Crippen LogP contribution in [0.4, 0.5) is 5.69 Å². The van der Waals surface area contributed by atoms with Gasteiger partial charge in [0.15, 0.2) is 0 Å². The molecule has 3 aliphatic heterocycles. The lowest BCUT2D eigenvalue weighted by atomic mass is 9.71. The molecule has 0 unspecified atom stereocenters. The molecule has 3 saturated heterocycles. The van der Waals surface area contributed by atoms with E-state index in [1.54, 1.807) is 6.20 Å². The van der Waals surface area contributed by atoms with Crippen molar-refractivity contribution in [1.29, 1.82) is 5.26 Å². The first-order valence-electron chi connectivity index (χ1n) is 12.2. The Morgan fingerprint density at radius 3 is 2.61 bits per heavy atom. The largest absolute Gasteiger partial charge is 0.370 e. The minimum atomic E-state index is 0.627. The summed E-state index contributed by atoms with van der Waals surface area (Å²) in [4.78, 5) is 9.83. The summed E-state index contributed by atoms with van der Waals surface area (Å²) >= 11 is 0. The second kappa shape index (κ2) is 8.76. The lowest BCUT2D eigenvalue weighted by molar-refractivity contribution is 0.0629. The Balaban J connectivity index is 1.29. The van der Waals surface area contributed by atoms with E-state index >= 15 is 0 Å². The van der Waals surface area contributed by atoms with Gasteiger partial charge in [0.2, 0.25) is 0 Å². The van der Waals surface area contributed by atoms with Gasteiger partial charge in [-0.3, -0.25) is 4.98 Å². The van der Waals surface area contributed by atoms with Crippen LogP contribution in [0.5, 0.6) is 0 Å². The molecule has 5 rings (SSSR count). The molecule has 2 aromatic rings. The maximum Gasteiger partial charge on any atom is 0.101 e. The van der Waals surface area contributed by atoms with Crippen molar-refractivity contribution >= 4 is 16.6 Å². The Kier molecular flexibility index (Phi) is 5.86. The summed E-state index contributed by atoms with van der Waals surface area (Å²) in [7, 11) is 0. The Morgan fingerprint density at radius 1 is 1.10 bits per heavy atom. The van der Waals surface area contributed by atoms with Crippen LogP contribution in [0.1, 0.15) is 44.6 Å². The van der Waals surface area contributed by atoms with Crippen LogP contribution in [-0.2, 0) is 0 Å². The number of piperidine rings is 2. The molecule has 3 aliphatic rings. The van der Waals surface area contributed by atoms with Gasteiger partial charge in [0, 0.05) is 36.9 Å². The van der Waals surface area contributed by atoms with Crippen molar-refractivity contribution in [3.8, 4) is 6.07 Å². The smallest absolute Gasteiger partial charge is 0.101 e. The SMILES string of the molecule is CC[C@@H]1CN(c2ccc(C#N)c3ncccc23)C[C@H]1CN1CCC2(CCNCC2)CC1. The van der Waals surface area contributed by atoms with Gasteiger partial charge in [0.05, 0.1) is 11.1 Å². The number of benzene rings is 1. The highest BCUT2D eigenvalue weighted by molar-refractivity contribution is 5.95. The molecule has 0 radical (unpaired) electrons. The summed E-state index contributed by atoms with van der Waals surface area (Å²) in [5.41, 5.74) is 3.38. The summed E-state index contributed by atoms with van der Waals surface area (Å²) in [6.07, 6.45) is 8.53. The van der Waals surface area contributed by atoms with E-state index in [4.69, 9.17) is 0 Å². The van der Waals surface area contributed by atoms with Gasteiger partial charge < -0.3 is 15.1 Å². The molecule has 3 fully saturated rings. The predicted molar refractivity (Wildman–Crippen MR) is 126 cm³/mol. The van der Waals surface area contributed by atoms with E-state index in [-0.39, 0.29) is 0 Å². The number of nitrogens with one attached hydrogen (secondary N) is 1. The molecule has 0 amide bonds. The van der Waals surface area contributed by atoms with Gasteiger partial charge in [-0.15, -0.1) is 0 Å². The number of pyridine rings is 1. The van der Waals surface area contributed by atoms with Crippen LogP contribution in [-0.4, -0.2) is 55.7 Å². The van der Waals surface area contributed by atoms with Crippen molar-refractivity contribution in [2.75, 3.05) is 50.7 Å². The third kappa shape index (κ3) is 4.04. The summed E-state index contributed by atoms with van der Waals surface area (Å²) in [5.74, 6) is 1.45. The fourth-order valence-corrected chi connectivity index (χ4v) is 6.33. The predicted octanol–water partition coefficient (Wildman–Crippen LogP) is 4.03. The number of likely N-dealkylation sites (tertiary alicyclic amines) is 1. The molecule has 164 valence electrons. The number of aromatic nitrogens is 1. The number of hydrogen-bond acceptors (Lipinski definition) is 5. The van der Waals surface area contributed by atoms with Gasteiger partial charge in [0.25, 0.3) is 0 Å². The molecule has 5 heteroatoms. The average molecular weight is 418 g/mol. The molecule has 0 bridgehead atoms. The summed E-state index contributed by atoms with van der Waals surface area (Å²) < 4.78 is 0. The molecule has 5 nitrogen and oxygen atoms in total. The molecular weight excluding hydrogens is 382 g/mol. The molecule has 0 saturated carbocycles. The molecule has 0 aliphatic carbocycles. The van der Waals surface area contributed by atoms with Gasteiger partial charge in [0.1, 0.15) is 6.07 Å². The maximum absolute atomic E-state index is 9.48. The Labute approximate surface area is 186 Å². The number of hydrogen-bond donors (Lipinski definition) is 1. The molecule has 1 spiro atoms. The Bertz CT molecular complexity index is 948. The number of nitrogens with zero attached hydrogens (tertiary/aromatic N) is 4. The van der Waals surface area contributed by atoms with Gasteiger partial charge in [-0.2, -0.15) is 5.26 Å². The van der Waals surface area contributed by atoms with Crippen molar-refractivity contribution in [3.05, 3.63) is 36.0 Å². The zero-order valence-electron chi connectivity index (χ0n) is 18.8. The highest BCUT2D eigenvalue weighted by Gasteiger charge is 2.38. The first-order valence-corrected chi connectivity index (χ1v) is 12.2. The number of nitriles is 1. The van der Waals surface area contributed by atoms with Crippen LogP contribution in [0.3, 0.4) is 0 Å². The lowest BCUT2D eigenvalue weighted by Gasteiger charge is -2.45. The zero-order chi connectivity index (χ0) is 21.3. The Hall–Kier alpha value is -2.16. The van der Waals surface area contributed by atoms with E-state index in [9.17, 15) is 5.26 Å². The standard InChI is InChI=1S/C26H35N5/c1-2-20-18-31(24-6-5-21(16-27)25-23(24)4-3-11-29-25)19-22(20)17-30-14-9-26(10-15-30)7-12-28-13-8-26/h3-6,11,20,22,28H,2,7-10,12-15,17-19H2,1H3/t20-,22-/m1/s1. The monoisotopic (exact) mass is 417 g/mol. The van der Waals surface area contributed by atoms with E-state index < -0.39 is 0 Å².